The molecule has 2 N–H and O–H groups in total. The number of aliphatic hydroxyl groups excluding tert-OH is 2. The summed E-state index contributed by atoms with van der Waals surface area (Å²) in [5, 5.41) is 18.4. The Morgan fingerprint density at radius 1 is 1.20 bits per heavy atom. The Balaban J connectivity index is 3.46. The van der Waals surface area contributed by atoms with Gasteiger partial charge in [-0.1, -0.05) is 20.8 Å². The molecular weight excluding hydrogens is 128 g/mol. The maximum atomic E-state index is 9.27. The summed E-state index contributed by atoms with van der Waals surface area (Å²) in [6.45, 7) is 5.82. The predicted octanol–water partition coefficient (Wildman–Crippen LogP) is 1.16. The fourth-order valence-corrected chi connectivity index (χ4v) is 0.718. The van der Waals surface area contributed by atoms with E-state index in [9.17, 15) is 5.11 Å². The second-order valence-corrected chi connectivity index (χ2v) is 3.11. The van der Waals surface area contributed by atoms with Gasteiger partial charge in [-0.25, -0.2) is 0 Å². The monoisotopic (exact) mass is 146 g/mol. The van der Waals surface area contributed by atoms with Crippen molar-refractivity contribution in [1.82, 2.24) is 0 Å². The summed E-state index contributed by atoms with van der Waals surface area (Å²) in [5.74, 6) is 0.251. The van der Waals surface area contributed by atoms with Crippen LogP contribution >= 0.6 is 0 Å². The minimum absolute atomic E-state index is 0.251. The number of hydrogen-bond acceptors (Lipinski definition) is 2. The zero-order chi connectivity index (χ0) is 8.15. The van der Waals surface area contributed by atoms with Crippen molar-refractivity contribution in [3.05, 3.63) is 0 Å². The van der Waals surface area contributed by atoms with Gasteiger partial charge < -0.3 is 10.2 Å². The molecule has 0 spiro atoms. The van der Waals surface area contributed by atoms with Crippen LogP contribution in [0.25, 0.3) is 0 Å². The Kier molecular flexibility index (Phi) is 4.65. The van der Waals surface area contributed by atoms with Gasteiger partial charge in [0.25, 0.3) is 0 Å². The van der Waals surface area contributed by atoms with Gasteiger partial charge in [0, 0.05) is 0 Å². The quantitative estimate of drug-likeness (QED) is 0.625. The fraction of sp³-hybridized carbons (Fsp3) is 1.00. The molecule has 0 bridgehead atoms. The van der Waals surface area contributed by atoms with Crippen LogP contribution < -0.4 is 0 Å². The second-order valence-electron chi connectivity index (χ2n) is 3.11. The van der Waals surface area contributed by atoms with Crippen LogP contribution in [0.5, 0.6) is 0 Å². The summed E-state index contributed by atoms with van der Waals surface area (Å²) >= 11 is 0. The first-order valence-corrected chi connectivity index (χ1v) is 3.94. The van der Waals surface area contributed by atoms with Crippen LogP contribution in [-0.4, -0.2) is 22.4 Å². The average Bonchev–Trinajstić information content (AvgIpc) is 1.87. The van der Waals surface area contributed by atoms with E-state index in [-0.39, 0.29) is 18.1 Å². The molecule has 0 heterocycles. The van der Waals surface area contributed by atoms with Crippen molar-refractivity contribution in [2.24, 2.45) is 5.92 Å². The molecule has 0 aliphatic rings. The number of rotatable bonds is 4. The fourth-order valence-electron chi connectivity index (χ4n) is 0.718. The SMILES string of the molecule is CC[C@H](O)C[C@H](O)C(C)C. The van der Waals surface area contributed by atoms with E-state index in [4.69, 9.17) is 5.11 Å². The largest absolute Gasteiger partial charge is 0.393 e. The Hall–Kier alpha value is -0.0800. The molecule has 0 saturated carbocycles. The molecule has 0 saturated heterocycles. The van der Waals surface area contributed by atoms with E-state index in [2.05, 4.69) is 0 Å². The van der Waals surface area contributed by atoms with E-state index in [0.29, 0.717) is 6.42 Å². The minimum atomic E-state index is -0.352. The van der Waals surface area contributed by atoms with Crippen LogP contribution in [-0.2, 0) is 0 Å². The van der Waals surface area contributed by atoms with E-state index in [1.807, 2.05) is 20.8 Å². The van der Waals surface area contributed by atoms with Crippen molar-refractivity contribution in [3.8, 4) is 0 Å². The van der Waals surface area contributed by atoms with Gasteiger partial charge in [0.1, 0.15) is 0 Å². The van der Waals surface area contributed by atoms with Gasteiger partial charge in [-0.05, 0) is 18.8 Å². The highest BCUT2D eigenvalue weighted by atomic mass is 16.3. The highest BCUT2D eigenvalue weighted by Gasteiger charge is 2.12. The third kappa shape index (κ3) is 3.85. The van der Waals surface area contributed by atoms with Gasteiger partial charge in [0.15, 0.2) is 0 Å². The molecular formula is C8H18O2. The van der Waals surface area contributed by atoms with Gasteiger partial charge >= 0.3 is 0 Å². The number of hydrogen-bond donors (Lipinski definition) is 2. The van der Waals surface area contributed by atoms with E-state index in [1.165, 1.54) is 0 Å². The Labute approximate surface area is 62.9 Å². The van der Waals surface area contributed by atoms with Crippen LogP contribution in [0.4, 0.5) is 0 Å². The molecule has 0 aromatic heterocycles. The molecule has 10 heavy (non-hydrogen) atoms. The van der Waals surface area contributed by atoms with Crippen molar-refractivity contribution in [2.75, 3.05) is 0 Å². The van der Waals surface area contributed by atoms with Crippen molar-refractivity contribution < 1.29 is 10.2 Å². The van der Waals surface area contributed by atoms with Crippen LogP contribution in [0, 0.1) is 5.92 Å². The van der Waals surface area contributed by atoms with E-state index in [0.717, 1.165) is 6.42 Å². The van der Waals surface area contributed by atoms with Crippen LogP contribution in [0.2, 0.25) is 0 Å². The molecule has 2 heteroatoms. The lowest BCUT2D eigenvalue weighted by atomic mass is 10.0. The van der Waals surface area contributed by atoms with Gasteiger partial charge in [-0.15, -0.1) is 0 Å². The van der Waals surface area contributed by atoms with Gasteiger partial charge in [0.05, 0.1) is 12.2 Å². The summed E-state index contributed by atoms with van der Waals surface area (Å²) < 4.78 is 0. The third-order valence-corrected chi connectivity index (χ3v) is 1.75. The summed E-state index contributed by atoms with van der Waals surface area (Å²) in [4.78, 5) is 0. The Bertz CT molecular complexity index is 81.3. The molecule has 62 valence electrons. The first-order chi connectivity index (χ1) is 4.57. The summed E-state index contributed by atoms with van der Waals surface area (Å²) in [6, 6.07) is 0. The molecule has 0 aromatic rings. The Morgan fingerprint density at radius 3 is 2.00 bits per heavy atom. The Morgan fingerprint density at radius 2 is 1.70 bits per heavy atom. The minimum Gasteiger partial charge on any atom is -0.393 e. The molecule has 0 fully saturated rings. The van der Waals surface area contributed by atoms with Crippen molar-refractivity contribution in [1.29, 1.82) is 0 Å². The van der Waals surface area contributed by atoms with Crippen LogP contribution in [0.3, 0.4) is 0 Å². The maximum Gasteiger partial charge on any atom is 0.0587 e. The lowest BCUT2D eigenvalue weighted by molar-refractivity contribution is 0.0521. The standard InChI is InChI=1S/C8H18O2/c1-4-7(9)5-8(10)6(2)3/h6-10H,4-5H2,1-3H3/t7-,8-/m0/s1. The average molecular weight is 146 g/mol. The topological polar surface area (TPSA) is 40.5 Å². The second kappa shape index (κ2) is 4.69. The molecule has 0 aromatic carbocycles. The van der Waals surface area contributed by atoms with E-state index in [1.54, 1.807) is 0 Å². The summed E-state index contributed by atoms with van der Waals surface area (Å²) in [7, 11) is 0. The smallest absolute Gasteiger partial charge is 0.0587 e. The highest BCUT2D eigenvalue weighted by Crippen LogP contribution is 2.09. The van der Waals surface area contributed by atoms with Crippen molar-refractivity contribution in [2.45, 2.75) is 45.8 Å². The molecule has 0 rings (SSSR count). The van der Waals surface area contributed by atoms with E-state index >= 15 is 0 Å². The van der Waals surface area contributed by atoms with Crippen LogP contribution in [0.1, 0.15) is 33.6 Å². The van der Waals surface area contributed by atoms with Gasteiger partial charge in [-0.3, -0.25) is 0 Å². The molecule has 0 aliphatic carbocycles. The first-order valence-electron chi connectivity index (χ1n) is 3.94. The number of aliphatic hydroxyl groups is 2. The van der Waals surface area contributed by atoms with E-state index < -0.39 is 0 Å². The zero-order valence-electron chi connectivity index (χ0n) is 7.04. The maximum absolute atomic E-state index is 9.27. The predicted molar refractivity (Wildman–Crippen MR) is 41.8 cm³/mol. The lowest BCUT2D eigenvalue weighted by Gasteiger charge is -2.16. The molecule has 0 radical (unpaired) electrons. The molecule has 2 nitrogen and oxygen atoms in total. The lowest BCUT2D eigenvalue weighted by Crippen LogP contribution is -2.21. The summed E-state index contributed by atoms with van der Waals surface area (Å²) in [5.41, 5.74) is 0. The summed E-state index contributed by atoms with van der Waals surface area (Å²) in [6.07, 6.45) is 0.546. The first kappa shape index (κ1) is 9.92. The zero-order valence-corrected chi connectivity index (χ0v) is 7.04. The highest BCUT2D eigenvalue weighted by molar-refractivity contribution is 4.64. The van der Waals surface area contributed by atoms with Gasteiger partial charge in [-0.2, -0.15) is 0 Å². The van der Waals surface area contributed by atoms with Crippen molar-refractivity contribution in [3.63, 3.8) is 0 Å². The molecule has 0 aliphatic heterocycles. The van der Waals surface area contributed by atoms with Crippen molar-refractivity contribution >= 4 is 0 Å². The molecule has 0 unspecified atom stereocenters. The molecule has 2 atom stereocenters. The molecule has 0 amide bonds. The third-order valence-electron chi connectivity index (χ3n) is 1.75. The normalized spacial score (nSPS) is 17.4. The van der Waals surface area contributed by atoms with Crippen LogP contribution in [0.15, 0.2) is 0 Å². The van der Waals surface area contributed by atoms with Gasteiger partial charge in [0.2, 0.25) is 0 Å².